The van der Waals surface area contributed by atoms with Gasteiger partial charge < -0.3 is 4.74 Å². The second kappa shape index (κ2) is 3.37. The van der Waals surface area contributed by atoms with Crippen molar-refractivity contribution >= 4 is 11.8 Å². The second-order valence-corrected chi connectivity index (χ2v) is 4.29. The van der Waals surface area contributed by atoms with Gasteiger partial charge in [0.05, 0.1) is 6.61 Å². The number of rotatable bonds is 2. The van der Waals surface area contributed by atoms with Gasteiger partial charge in [0.2, 0.25) is 0 Å². The summed E-state index contributed by atoms with van der Waals surface area (Å²) in [4.78, 5) is 23.7. The summed E-state index contributed by atoms with van der Waals surface area (Å²) in [6.45, 7) is 2.16. The van der Waals surface area contributed by atoms with E-state index < -0.39 is 5.41 Å². The molecule has 0 aliphatic heterocycles. The average molecular weight is 196 g/mol. The molecule has 3 nitrogen and oxygen atoms in total. The number of ether oxygens (including phenoxy) is 1. The lowest BCUT2D eigenvalue weighted by molar-refractivity contribution is -0.161. The molecule has 0 amide bonds. The molecule has 2 bridgehead atoms. The fourth-order valence-corrected chi connectivity index (χ4v) is 2.81. The molecule has 14 heavy (non-hydrogen) atoms. The Labute approximate surface area is 83.8 Å². The van der Waals surface area contributed by atoms with Crippen LogP contribution in [0.1, 0.15) is 39.0 Å². The van der Waals surface area contributed by atoms with E-state index in [-0.39, 0.29) is 17.7 Å². The highest BCUT2D eigenvalue weighted by atomic mass is 16.5. The van der Waals surface area contributed by atoms with Crippen molar-refractivity contribution in [2.75, 3.05) is 6.61 Å². The van der Waals surface area contributed by atoms with Crippen LogP contribution in [0.2, 0.25) is 0 Å². The Kier molecular flexibility index (Phi) is 2.33. The third kappa shape index (κ3) is 1.18. The molecule has 2 fully saturated rings. The normalized spacial score (nSPS) is 35.8. The molecule has 0 aromatic rings. The van der Waals surface area contributed by atoms with Crippen molar-refractivity contribution in [3.8, 4) is 0 Å². The van der Waals surface area contributed by atoms with Crippen LogP contribution in [0.3, 0.4) is 0 Å². The number of carbonyl (C=O) groups excluding carboxylic acids is 2. The molecule has 78 valence electrons. The van der Waals surface area contributed by atoms with Gasteiger partial charge in [-0.05, 0) is 32.6 Å². The minimum atomic E-state index is -0.737. The summed E-state index contributed by atoms with van der Waals surface area (Å²) in [7, 11) is 0. The van der Waals surface area contributed by atoms with E-state index in [1.54, 1.807) is 6.92 Å². The average Bonchev–Trinajstić information content (AvgIpc) is 2.40. The summed E-state index contributed by atoms with van der Waals surface area (Å²) >= 11 is 0. The first kappa shape index (κ1) is 9.69. The Morgan fingerprint density at radius 3 is 3.00 bits per heavy atom. The van der Waals surface area contributed by atoms with Crippen LogP contribution in [-0.4, -0.2) is 18.4 Å². The molecule has 0 aromatic heterocycles. The summed E-state index contributed by atoms with van der Waals surface area (Å²) in [5, 5.41) is 0. The van der Waals surface area contributed by atoms with E-state index in [0.29, 0.717) is 13.0 Å². The molecule has 0 saturated heterocycles. The summed E-state index contributed by atoms with van der Waals surface area (Å²) in [5.74, 6) is 0.0301. The maximum Gasteiger partial charge on any atom is 0.319 e. The van der Waals surface area contributed by atoms with Gasteiger partial charge in [-0.15, -0.1) is 0 Å². The fraction of sp³-hybridized carbons (Fsp3) is 0.818. The van der Waals surface area contributed by atoms with Gasteiger partial charge in [-0.25, -0.2) is 0 Å². The number of ketones is 1. The molecule has 2 aliphatic rings. The van der Waals surface area contributed by atoms with Gasteiger partial charge in [0, 0.05) is 5.92 Å². The number of carbonyl (C=O) groups is 2. The third-order valence-electron chi connectivity index (χ3n) is 3.58. The highest BCUT2D eigenvalue weighted by Gasteiger charge is 2.55. The smallest absolute Gasteiger partial charge is 0.319 e. The van der Waals surface area contributed by atoms with E-state index >= 15 is 0 Å². The van der Waals surface area contributed by atoms with Crippen molar-refractivity contribution in [2.45, 2.75) is 39.0 Å². The summed E-state index contributed by atoms with van der Waals surface area (Å²) in [5.41, 5.74) is -0.737. The standard InChI is InChI=1S/C11H16O3/c1-2-14-10(13)11-6-3-4-8(5-7-11)9(11)12/h8H,2-7H2,1H3. The Morgan fingerprint density at radius 2 is 2.29 bits per heavy atom. The van der Waals surface area contributed by atoms with Crippen LogP contribution in [0.25, 0.3) is 0 Å². The highest BCUT2D eigenvalue weighted by molar-refractivity contribution is 6.06. The third-order valence-corrected chi connectivity index (χ3v) is 3.58. The Bertz CT molecular complexity index is 268. The lowest BCUT2D eigenvalue weighted by Gasteiger charge is -2.28. The molecule has 2 unspecified atom stereocenters. The fourth-order valence-electron chi connectivity index (χ4n) is 2.81. The summed E-state index contributed by atoms with van der Waals surface area (Å²) in [6, 6.07) is 0. The van der Waals surface area contributed by atoms with Gasteiger partial charge in [-0.1, -0.05) is 6.42 Å². The predicted molar refractivity (Wildman–Crippen MR) is 50.6 cm³/mol. The quantitative estimate of drug-likeness (QED) is 0.498. The van der Waals surface area contributed by atoms with E-state index in [9.17, 15) is 9.59 Å². The number of hydrogen-bond donors (Lipinski definition) is 0. The number of hydrogen-bond acceptors (Lipinski definition) is 3. The van der Waals surface area contributed by atoms with Gasteiger partial charge in [0.25, 0.3) is 0 Å². The van der Waals surface area contributed by atoms with Gasteiger partial charge in [0.15, 0.2) is 5.78 Å². The van der Waals surface area contributed by atoms with Crippen LogP contribution in [0.5, 0.6) is 0 Å². The lowest BCUT2D eigenvalue weighted by atomic mass is 9.74. The first-order valence-corrected chi connectivity index (χ1v) is 5.42. The van der Waals surface area contributed by atoms with Crippen LogP contribution < -0.4 is 0 Å². The molecule has 0 aromatic carbocycles. The first-order chi connectivity index (χ1) is 6.70. The van der Waals surface area contributed by atoms with Crippen molar-refractivity contribution in [2.24, 2.45) is 11.3 Å². The predicted octanol–water partition coefficient (Wildman–Crippen LogP) is 1.70. The molecular weight excluding hydrogens is 180 g/mol. The molecule has 0 N–H and O–H groups in total. The zero-order valence-corrected chi connectivity index (χ0v) is 8.54. The molecule has 2 saturated carbocycles. The first-order valence-electron chi connectivity index (χ1n) is 5.42. The molecule has 2 atom stereocenters. The zero-order valence-electron chi connectivity index (χ0n) is 8.54. The Hall–Kier alpha value is -0.860. The van der Waals surface area contributed by atoms with Crippen molar-refractivity contribution in [3.05, 3.63) is 0 Å². The van der Waals surface area contributed by atoms with Gasteiger partial charge >= 0.3 is 5.97 Å². The summed E-state index contributed by atoms with van der Waals surface area (Å²) in [6.07, 6.45) is 4.28. The van der Waals surface area contributed by atoms with Crippen LogP contribution in [-0.2, 0) is 14.3 Å². The van der Waals surface area contributed by atoms with E-state index in [1.165, 1.54) is 0 Å². The van der Waals surface area contributed by atoms with E-state index in [4.69, 9.17) is 4.74 Å². The second-order valence-electron chi connectivity index (χ2n) is 4.29. The van der Waals surface area contributed by atoms with E-state index in [0.717, 1.165) is 25.7 Å². The highest BCUT2D eigenvalue weighted by Crippen LogP contribution is 2.49. The van der Waals surface area contributed by atoms with Crippen molar-refractivity contribution in [1.29, 1.82) is 0 Å². The topological polar surface area (TPSA) is 43.4 Å². The van der Waals surface area contributed by atoms with Crippen LogP contribution in [0, 0.1) is 11.3 Å². The molecule has 0 spiro atoms. The van der Waals surface area contributed by atoms with Crippen LogP contribution in [0.15, 0.2) is 0 Å². The Balaban J connectivity index is 2.21. The van der Waals surface area contributed by atoms with Gasteiger partial charge in [-0.2, -0.15) is 0 Å². The largest absolute Gasteiger partial charge is 0.465 e. The molecular formula is C11H16O3. The van der Waals surface area contributed by atoms with Gasteiger partial charge in [-0.3, -0.25) is 9.59 Å². The van der Waals surface area contributed by atoms with Crippen molar-refractivity contribution < 1.29 is 14.3 Å². The van der Waals surface area contributed by atoms with Crippen LogP contribution >= 0.6 is 0 Å². The molecule has 3 heteroatoms. The maximum atomic E-state index is 11.9. The lowest BCUT2D eigenvalue weighted by Crippen LogP contribution is -2.41. The number of Topliss-reactive ketones (excluding diaryl/α,β-unsaturated/α-hetero) is 1. The van der Waals surface area contributed by atoms with Crippen LogP contribution in [0.4, 0.5) is 0 Å². The van der Waals surface area contributed by atoms with Crippen molar-refractivity contribution in [3.63, 3.8) is 0 Å². The van der Waals surface area contributed by atoms with E-state index in [2.05, 4.69) is 0 Å². The molecule has 0 radical (unpaired) electrons. The van der Waals surface area contributed by atoms with E-state index in [1.807, 2.05) is 0 Å². The number of esters is 1. The van der Waals surface area contributed by atoms with Gasteiger partial charge in [0.1, 0.15) is 5.41 Å². The maximum absolute atomic E-state index is 11.9. The molecule has 2 aliphatic carbocycles. The van der Waals surface area contributed by atoms with Crippen molar-refractivity contribution in [1.82, 2.24) is 0 Å². The zero-order chi connectivity index (χ0) is 10.2. The molecule has 2 rings (SSSR count). The molecule has 0 heterocycles. The minimum absolute atomic E-state index is 0.146. The number of fused-ring (bicyclic) bond motifs is 2. The summed E-state index contributed by atoms with van der Waals surface area (Å²) < 4.78 is 5.01. The minimum Gasteiger partial charge on any atom is -0.465 e. The Morgan fingerprint density at radius 1 is 1.50 bits per heavy atom. The SMILES string of the molecule is CCOC(=O)C12CCCC(CC1)C2=O. The monoisotopic (exact) mass is 196 g/mol.